The molecule has 3 rings (SSSR count). The molecular formula is C18H19N3O3S. The van der Waals surface area contributed by atoms with Crippen LogP contribution in [0.3, 0.4) is 0 Å². The SMILES string of the molecule is COc1ccc(C(=O)Nc2c(C)nsc2C#N)cc1OC1CCCC1. The minimum Gasteiger partial charge on any atom is -0.493 e. The molecule has 1 heterocycles. The predicted molar refractivity (Wildman–Crippen MR) is 95.4 cm³/mol. The molecule has 0 bridgehead atoms. The van der Waals surface area contributed by atoms with Crippen LogP contribution in [0.2, 0.25) is 0 Å². The molecule has 0 unspecified atom stereocenters. The number of nitrogens with one attached hydrogen (secondary N) is 1. The van der Waals surface area contributed by atoms with Gasteiger partial charge in [0.25, 0.3) is 5.91 Å². The van der Waals surface area contributed by atoms with Gasteiger partial charge >= 0.3 is 0 Å². The fraction of sp³-hybridized carbons (Fsp3) is 0.389. The summed E-state index contributed by atoms with van der Waals surface area (Å²) < 4.78 is 15.5. The molecule has 1 aliphatic carbocycles. The Bertz CT molecular complexity index is 819. The van der Waals surface area contributed by atoms with Crippen molar-refractivity contribution < 1.29 is 14.3 Å². The van der Waals surface area contributed by atoms with Crippen molar-refractivity contribution in [1.82, 2.24) is 4.37 Å². The molecule has 1 aromatic carbocycles. The second-order valence-corrected chi connectivity index (χ2v) is 6.70. The Hall–Kier alpha value is -2.59. The van der Waals surface area contributed by atoms with Crippen molar-refractivity contribution in [3.63, 3.8) is 0 Å². The second-order valence-electron chi connectivity index (χ2n) is 5.93. The number of hydrogen-bond donors (Lipinski definition) is 1. The van der Waals surface area contributed by atoms with Crippen LogP contribution >= 0.6 is 11.5 Å². The largest absolute Gasteiger partial charge is 0.493 e. The van der Waals surface area contributed by atoms with Gasteiger partial charge in [-0.1, -0.05) is 0 Å². The third-order valence-electron chi connectivity index (χ3n) is 4.22. The van der Waals surface area contributed by atoms with Gasteiger partial charge in [0, 0.05) is 5.56 Å². The van der Waals surface area contributed by atoms with Crippen LogP contribution in [0.15, 0.2) is 18.2 Å². The first kappa shape index (κ1) is 17.2. The predicted octanol–water partition coefficient (Wildman–Crippen LogP) is 3.91. The van der Waals surface area contributed by atoms with E-state index in [1.807, 2.05) is 6.07 Å². The lowest BCUT2D eigenvalue weighted by molar-refractivity contribution is 0.102. The molecule has 1 N–H and O–H groups in total. The van der Waals surface area contributed by atoms with Crippen molar-refractivity contribution in [3.05, 3.63) is 34.3 Å². The lowest BCUT2D eigenvalue weighted by Gasteiger charge is -2.16. The molecule has 1 aliphatic rings. The number of anilines is 1. The number of methoxy groups -OCH3 is 1. The summed E-state index contributed by atoms with van der Waals surface area (Å²) in [6, 6.07) is 7.14. The molecule has 2 aromatic rings. The third kappa shape index (κ3) is 3.74. The summed E-state index contributed by atoms with van der Waals surface area (Å²) in [5.74, 6) is 0.871. The Balaban J connectivity index is 1.82. The van der Waals surface area contributed by atoms with Crippen LogP contribution in [-0.2, 0) is 0 Å². The summed E-state index contributed by atoms with van der Waals surface area (Å²) in [6.07, 6.45) is 4.53. The zero-order chi connectivity index (χ0) is 17.8. The van der Waals surface area contributed by atoms with Gasteiger partial charge in [-0.05, 0) is 62.3 Å². The van der Waals surface area contributed by atoms with Crippen LogP contribution in [0, 0.1) is 18.3 Å². The Labute approximate surface area is 150 Å². The summed E-state index contributed by atoms with van der Waals surface area (Å²) in [7, 11) is 1.58. The van der Waals surface area contributed by atoms with Crippen LogP contribution in [0.1, 0.15) is 46.6 Å². The lowest BCUT2D eigenvalue weighted by Crippen LogP contribution is -2.15. The summed E-state index contributed by atoms with van der Waals surface area (Å²) in [4.78, 5) is 13.0. The number of aryl methyl sites for hydroxylation is 1. The van der Waals surface area contributed by atoms with Gasteiger partial charge in [0.15, 0.2) is 11.5 Å². The quantitative estimate of drug-likeness (QED) is 0.877. The molecule has 1 aromatic heterocycles. The van der Waals surface area contributed by atoms with Crippen molar-refractivity contribution in [1.29, 1.82) is 5.26 Å². The number of carbonyl (C=O) groups is 1. The number of nitrogens with zero attached hydrogens (tertiary/aromatic N) is 2. The summed E-state index contributed by atoms with van der Waals surface area (Å²) in [5, 5.41) is 11.9. The fourth-order valence-corrected chi connectivity index (χ4v) is 3.53. The normalized spacial score (nSPS) is 14.1. The van der Waals surface area contributed by atoms with Crippen molar-refractivity contribution in [2.75, 3.05) is 12.4 Å². The number of aromatic nitrogens is 1. The molecule has 0 aliphatic heterocycles. The first-order valence-corrected chi connectivity index (χ1v) is 8.92. The highest BCUT2D eigenvalue weighted by Gasteiger charge is 2.20. The highest BCUT2D eigenvalue weighted by Crippen LogP contribution is 2.33. The van der Waals surface area contributed by atoms with Gasteiger partial charge < -0.3 is 14.8 Å². The van der Waals surface area contributed by atoms with Crippen LogP contribution in [-0.4, -0.2) is 23.5 Å². The molecule has 0 radical (unpaired) electrons. The highest BCUT2D eigenvalue weighted by molar-refractivity contribution is 7.07. The summed E-state index contributed by atoms with van der Waals surface area (Å²) in [6.45, 7) is 1.76. The number of carbonyl (C=O) groups excluding carboxylic acids is 1. The fourth-order valence-electron chi connectivity index (χ4n) is 2.87. The topological polar surface area (TPSA) is 84.2 Å². The van der Waals surface area contributed by atoms with Gasteiger partial charge in [0.05, 0.1) is 24.6 Å². The molecule has 25 heavy (non-hydrogen) atoms. The molecule has 0 atom stereocenters. The molecule has 0 saturated heterocycles. The van der Waals surface area contributed by atoms with E-state index in [-0.39, 0.29) is 12.0 Å². The van der Waals surface area contributed by atoms with Crippen molar-refractivity contribution >= 4 is 23.1 Å². The number of hydrogen-bond acceptors (Lipinski definition) is 6. The van der Waals surface area contributed by atoms with Gasteiger partial charge in [-0.25, -0.2) is 0 Å². The van der Waals surface area contributed by atoms with Crippen LogP contribution < -0.4 is 14.8 Å². The van der Waals surface area contributed by atoms with E-state index in [1.165, 1.54) is 0 Å². The highest BCUT2D eigenvalue weighted by atomic mass is 32.1. The summed E-state index contributed by atoms with van der Waals surface area (Å²) in [5.41, 5.74) is 1.54. The average molecular weight is 357 g/mol. The van der Waals surface area contributed by atoms with Crippen molar-refractivity contribution in [3.8, 4) is 17.6 Å². The van der Waals surface area contributed by atoms with E-state index in [0.29, 0.717) is 33.3 Å². The maximum Gasteiger partial charge on any atom is 0.255 e. The van der Waals surface area contributed by atoms with Gasteiger partial charge in [0.1, 0.15) is 10.9 Å². The Morgan fingerprint density at radius 3 is 2.80 bits per heavy atom. The number of amides is 1. The second kappa shape index (κ2) is 7.53. The lowest BCUT2D eigenvalue weighted by atomic mass is 10.1. The standard InChI is InChI=1S/C18H19N3O3S/c1-11-17(16(10-19)25-21-11)20-18(22)12-7-8-14(23-2)15(9-12)24-13-5-3-4-6-13/h7-9,13H,3-6H2,1-2H3,(H,20,22). The Morgan fingerprint density at radius 1 is 1.36 bits per heavy atom. The maximum atomic E-state index is 12.6. The van der Waals surface area contributed by atoms with E-state index in [2.05, 4.69) is 9.69 Å². The van der Waals surface area contributed by atoms with E-state index in [4.69, 9.17) is 14.7 Å². The molecule has 130 valence electrons. The van der Waals surface area contributed by atoms with Crippen LogP contribution in [0.4, 0.5) is 5.69 Å². The molecule has 7 heteroatoms. The minimum absolute atomic E-state index is 0.167. The van der Waals surface area contributed by atoms with E-state index in [9.17, 15) is 4.79 Å². The molecule has 1 fully saturated rings. The van der Waals surface area contributed by atoms with Crippen LogP contribution in [0.25, 0.3) is 0 Å². The average Bonchev–Trinajstić information content (AvgIpc) is 3.25. The van der Waals surface area contributed by atoms with Crippen LogP contribution in [0.5, 0.6) is 11.5 Å². The first-order valence-electron chi connectivity index (χ1n) is 8.14. The van der Waals surface area contributed by atoms with E-state index >= 15 is 0 Å². The summed E-state index contributed by atoms with van der Waals surface area (Å²) >= 11 is 1.07. The Morgan fingerprint density at radius 2 is 2.12 bits per heavy atom. The monoisotopic (exact) mass is 357 g/mol. The van der Waals surface area contributed by atoms with Crippen molar-refractivity contribution in [2.24, 2.45) is 0 Å². The van der Waals surface area contributed by atoms with E-state index in [1.54, 1.807) is 32.2 Å². The number of benzene rings is 1. The van der Waals surface area contributed by atoms with Crippen molar-refractivity contribution in [2.45, 2.75) is 38.7 Å². The number of nitriles is 1. The molecule has 0 spiro atoms. The Kier molecular flexibility index (Phi) is 5.19. The number of rotatable bonds is 5. The maximum absolute atomic E-state index is 12.6. The van der Waals surface area contributed by atoms with Gasteiger partial charge in [-0.3, -0.25) is 4.79 Å². The third-order valence-corrected chi connectivity index (χ3v) is 5.07. The number of ether oxygens (including phenoxy) is 2. The molecule has 1 saturated carbocycles. The first-order chi connectivity index (χ1) is 12.1. The molecule has 1 amide bonds. The zero-order valence-corrected chi connectivity index (χ0v) is 15.0. The molecule has 6 nitrogen and oxygen atoms in total. The molecular weight excluding hydrogens is 338 g/mol. The van der Waals surface area contributed by atoms with Gasteiger partial charge in [-0.2, -0.15) is 9.64 Å². The van der Waals surface area contributed by atoms with E-state index in [0.717, 1.165) is 37.2 Å². The van der Waals surface area contributed by atoms with Gasteiger partial charge in [-0.15, -0.1) is 0 Å². The van der Waals surface area contributed by atoms with E-state index < -0.39 is 0 Å². The zero-order valence-electron chi connectivity index (χ0n) is 14.2. The smallest absolute Gasteiger partial charge is 0.255 e. The minimum atomic E-state index is -0.307. The van der Waals surface area contributed by atoms with Gasteiger partial charge in [0.2, 0.25) is 0 Å².